The Balaban J connectivity index is 2.11. The fourth-order valence-corrected chi connectivity index (χ4v) is 2.98. The van der Waals surface area contributed by atoms with Crippen LogP contribution in [0.25, 0.3) is 0 Å². The number of aryl methyl sites for hydroxylation is 1. The number of nitrogens with zero attached hydrogens (tertiary/aromatic N) is 2. The van der Waals surface area contributed by atoms with Crippen molar-refractivity contribution in [2.24, 2.45) is 0 Å². The summed E-state index contributed by atoms with van der Waals surface area (Å²) in [5.74, 6) is -0.395. The van der Waals surface area contributed by atoms with Gasteiger partial charge in [0.05, 0.1) is 0 Å². The van der Waals surface area contributed by atoms with Gasteiger partial charge < -0.3 is 15.5 Å². The molecule has 0 atom stereocenters. The number of nitrogens with one attached hydrogen (secondary N) is 2. The van der Waals surface area contributed by atoms with E-state index < -0.39 is 5.54 Å². The number of pyridine rings is 1. The second-order valence-corrected chi connectivity index (χ2v) is 8.02. The third-order valence-corrected chi connectivity index (χ3v) is 4.28. The monoisotopic (exact) mass is 410 g/mol. The van der Waals surface area contributed by atoms with Crippen LogP contribution in [0.4, 0.5) is 11.5 Å². The molecule has 0 saturated carbocycles. The molecular weight excluding hydrogens is 380 g/mol. The SMILES string of the molecule is CCc1ccccc1N(CC(=O)NC(C)(C)C)C(=O)CCC(=O)Nc1ccccn1. The Labute approximate surface area is 177 Å². The minimum absolute atomic E-state index is 0.00108. The third-order valence-electron chi connectivity index (χ3n) is 4.28. The quantitative estimate of drug-likeness (QED) is 0.698. The van der Waals surface area contributed by atoms with Gasteiger partial charge in [-0.1, -0.05) is 31.2 Å². The van der Waals surface area contributed by atoms with E-state index >= 15 is 0 Å². The standard InChI is InChI=1S/C23H30N4O3/c1-5-17-10-6-7-11-18(17)27(16-21(29)26-23(2,3)4)22(30)14-13-20(28)25-19-12-8-9-15-24-19/h6-12,15H,5,13-14,16H2,1-4H3,(H,26,29)(H,24,25,28). The van der Waals surface area contributed by atoms with Crippen LogP contribution in [0.1, 0.15) is 46.1 Å². The van der Waals surface area contributed by atoms with Crippen molar-refractivity contribution in [3.05, 3.63) is 54.2 Å². The number of rotatable bonds is 8. The number of amides is 3. The molecule has 2 rings (SSSR count). The predicted molar refractivity (Wildman–Crippen MR) is 118 cm³/mol. The van der Waals surface area contributed by atoms with E-state index in [1.54, 1.807) is 24.4 Å². The lowest BCUT2D eigenvalue weighted by Crippen LogP contribution is -2.47. The molecule has 1 aromatic carbocycles. The third kappa shape index (κ3) is 7.31. The van der Waals surface area contributed by atoms with E-state index in [2.05, 4.69) is 15.6 Å². The Bertz CT molecular complexity index is 876. The van der Waals surface area contributed by atoms with Gasteiger partial charge >= 0.3 is 0 Å². The van der Waals surface area contributed by atoms with Gasteiger partial charge in [-0.3, -0.25) is 14.4 Å². The second kappa shape index (κ2) is 10.5. The highest BCUT2D eigenvalue weighted by atomic mass is 16.2. The number of hydrogen-bond donors (Lipinski definition) is 2. The molecule has 2 N–H and O–H groups in total. The fraction of sp³-hybridized carbons (Fsp3) is 0.391. The predicted octanol–water partition coefficient (Wildman–Crippen LogP) is 3.31. The van der Waals surface area contributed by atoms with E-state index in [1.165, 1.54) is 4.90 Å². The van der Waals surface area contributed by atoms with Crippen LogP contribution < -0.4 is 15.5 Å². The molecule has 3 amide bonds. The molecule has 30 heavy (non-hydrogen) atoms. The van der Waals surface area contributed by atoms with Crippen molar-refractivity contribution in [1.29, 1.82) is 0 Å². The Morgan fingerprint density at radius 1 is 0.967 bits per heavy atom. The zero-order chi connectivity index (χ0) is 22.1. The Hall–Kier alpha value is -3.22. The molecule has 1 heterocycles. The molecule has 0 spiro atoms. The van der Waals surface area contributed by atoms with Crippen LogP contribution in [0.15, 0.2) is 48.7 Å². The molecule has 0 aliphatic carbocycles. The van der Waals surface area contributed by atoms with Crippen molar-refractivity contribution in [3.63, 3.8) is 0 Å². The van der Waals surface area contributed by atoms with E-state index in [9.17, 15) is 14.4 Å². The highest BCUT2D eigenvalue weighted by Crippen LogP contribution is 2.22. The first-order valence-corrected chi connectivity index (χ1v) is 10.1. The molecule has 0 aliphatic heterocycles. The maximum absolute atomic E-state index is 13.0. The van der Waals surface area contributed by atoms with Crippen molar-refractivity contribution >= 4 is 29.2 Å². The van der Waals surface area contributed by atoms with E-state index in [0.29, 0.717) is 11.5 Å². The summed E-state index contributed by atoms with van der Waals surface area (Å²) in [6.07, 6.45) is 2.29. The summed E-state index contributed by atoms with van der Waals surface area (Å²) < 4.78 is 0. The van der Waals surface area contributed by atoms with Crippen molar-refractivity contribution in [2.75, 3.05) is 16.8 Å². The first kappa shape index (κ1) is 23.1. The molecule has 0 fully saturated rings. The second-order valence-electron chi connectivity index (χ2n) is 8.02. The minimum Gasteiger partial charge on any atom is -0.350 e. The summed E-state index contributed by atoms with van der Waals surface area (Å²) >= 11 is 0. The van der Waals surface area contributed by atoms with E-state index in [4.69, 9.17) is 0 Å². The van der Waals surface area contributed by atoms with Crippen molar-refractivity contribution < 1.29 is 14.4 Å². The van der Waals surface area contributed by atoms with Crippen LogP contribution in [0.2, 0.25) is 0 Å². The molecule has 0 radical (unpaired) electrons. The first-order chi connectivity index (χ1) is 14.2. The lowest BCUT2D eigenvalue weighted by Gasteiger charge is -2.27. The minimum atomic E-state index is -0.404. The van der Waals surface area contributed by atoms with Gasteiger partial charge in [-0.05, 0) is 51.0 Å². The average Bonchev–Trinajstić information content (AvgIpc) is 2.69. The van der Waals surface area contributed by atoms with Crippen LogP contribution in [0.5, 0.6) is 0 Å². The van der Waals surface area contributed by atoms with Gasteiger partial charge in [0.1, 0.15) is 12.4 Å². The van der Waals surface area contributed by atoms with E-state index in [-0.39, 0.29) is 37.1 Å². The Kier molecular flexibility index (Phi) is 8.09. The number of anilines is 2. The lowest BCUT2D eigenvalue weighted by atomic mass is 10.1. The highest BCUT2D eigenvalue weighted by Gasteiger charge is 2.23. The maximum Gasteiger partial charge on any atom is 0.240 e. The van der Waals surface area contributed by atoms with Crippen molar-refractivity contribution in [3.8, 4) is 0 Å². The zero-order valence-electron chi connectivity index (χ0n) is 18.1. The molecule has 1 aromatic heterocycles. The van der Waals surface area contributed by atoms with Crippen LogP contribution in [0.3, 0.4) is 0 Å². The summed E-state index contributed by atoms with van der Waals surface area (Å²) in [4.78, 5) is 43.3. The number of benzene rings is 1. The van der Waals surface area contributed by atoms with Crippen LogP contribution in [0, 0.1) is 0 Å². The summed E-state index contributed by atoms with van der Waals surface area (Å²) in [5, 5.41) is 5.56. The van der Waals surface area contributed by atoms with Crippen LogP contribution >= 0.6 is 0 Å². The number of carbonyl (C=O) groups is 3. The highest BCUT2D eigenvalue weighted by molar-refractivity contribution is 6.01. The summed E-state index contributed by atoms with van der Waals surface area (Å²) in [6, 6.07) is 12.7. The molecule has 0 aliphatic rings. The summed E-state index contributed by atoms with van der Waals surface area (Å²) in [5.41, 5.74) is 1.25. The van der Waals surface area contributed by atoms with E-state index in [0.717, 1.165) is 12.0 Å². The molecule has 7 nitrogen and oxygen atoms in total. The van der Waals surface area contributed by atoms with Gasteiger partial charge in [0, 0.05) is 30.3 Å². The van der Waals surface area contributed by atoms with Gasteiger partial charge in [0.25, 0.3) is 0 Å². The smallest absolute Gasteiger partial charge is 0.240 e. The Morgan fingerprint density at radius 2 is 1.67 bits per heavy atom. The molecule has 160 valence electrons. The number of carbonyl (C=O) groups excluding carboxylic acids is 3. The lowest BCUT2D eigenvalue weighted by molar-refractivity contribution is -0.125. The molecule has 0 saturated heterocycles. The average molecular weight is 411 g/mol. The number of hydrogen-bond acceptors (Lipinski definition) is 4. The first-order valence-electron chi connectivity index (χ1n) is 10.1. The molecule has 2 aromatic rings. The van der Waals surface area contributed by atoms with E-state index in [1.807, 2.05) is 52.0 Å². The van der Waals surface area contributed by atoms with Gasteiger partial charge in [0.2, 0.25) is 17.7 Å². The van der Waals surface area contributed by atoms with Gasteiger partial charge in [-0.2, -0.15) is 0 Å². The molecule has 0 bridgehead atoms. The number of aromatic nitrogens is 1. The largest absolute Gasteiger partial charge is 0.350 e. The van der Waals surface area contributed by atoms with Gasteiger partial charge in [-0.15, -0.1) is 0 Å². The number of para-hydroxylation sites is 1. The van der Waals surface area contributed by atoms with Crippen molar-refractivity contribution in [2.45, 2.75) is 52.5 Å². The van der Waals surface area contributed by atoms with Gasteiger partial charge in [-0.25, -0.2) is 4.98 Å². The molecule has 7 heteroatoms. The molecule has 0 unspecified atom stereocenters. The topological polar surface area (TPSA) is 91.4 Å². The summed E-state index contributed by atoms with van der Waals surface area (Å²) in [6.45, 7) is 7.56. The fourth-order valence-electron chi connectivity index (χ4n) is 2.98. The summed E-state index contributed by atoms with van der Waals surface area (Å²) in [7, 11) is 0. The zero-order valence-corrected chi connectivity index (χ0v) is 18.1. The molecular formula is C23H30N4O3. The Morgan fingerprint density at radius 3 is 2.30 bits per heavy atom. The maximum atomic E-state index is 13.0. The van der Waals surface area contributed by atoms with Crippen molar-refractivity contribution in [1.82, 2.24) is 10.3 Å². The van der Waals surface area contributed by atoms with Crippen LogP contribution in [-0.2, 0) is 20.8 Å². The normalized spacial score (nSPS) is 10.9. The van der Waals surface area contributed by atoms with Crippen LogP contribution in [-0.4, -0.2) is 34.8 Å². The van der Waals surface area contributed by atoms with Gasteiger partial charge in [0.15, 0.2) is 0 Å².